The van der Waals surface area contributed by atoms with Crippen molar-refractivity contribution in [1.29, 1.82) is 0 Å². The lowest BCUT2D eigenvalue weighted by Crippen LogP contribution is -2.11. The van der Waals surface area contributed by atoms with Crippen LogP contribution in [0.25, 0.3) is 45.4 Å². The van der Waals surface area contributed by atoms with E-state index < -0.39 is 0 Å². The van der Waals surface area contributed by atoms with Gasteiger partial charge in [0.25, 0.3) is 0 Å². The number of hydrogen-bond acceptors (Lipinski definition) is 2. The third-order valence-electron chi connectivity index (χ3n) is 6.70. The highest BCUT2D eigenvalue weighted by Gasteiger charge is 2.20. The quantitative estimate of drug-likeness (QED) is 0.192. The minimum absolute atomic E-state index is 0.0181. The molecule has 0 spiro atoms. The molecule has 0 aliphatic carbocycles. The van der Waals surface area contributed by atoms with Crippen LogP contribution in [0.5, 0.6) is 5.75 Å². The van der Waals surface area contributed by atoms with Gasteiger partial charge in [-0.25, -0.2) is 0 Å². The molecule has 5 aromatic rings. The zero-order valence-electron chi connectivity index (χ0n) is 21.8. The van der Waals surface area contributed by atoms with Crippen molar-refractivity contribution < 1.29 is 5.11 Å². The number of nitrogen functional groups attached to an aromatic ring is 1. The van der Waals surface area contributed by atoms with Crippen molar-refractivity contribution in [1.82, 2.24) is 19.9 Å². The summed E-state index contributed by atoms with van der Waals surface area (Å²) in [5.41, 5.74) is 16.1. The largest absolute Gasteiger partial charge is 0.871 e. The maximum absolute atomic E-state index is 12.8. The Morgan fingerprint density at radius 2 is 1.14 bits per heavy atom. The van der Waals surface area contributed by atoms with Crippen LogP contribution in [0.2, 0.25) is 0 Å². The molecule has 0 aliphatic rings. The molecule has 5 rings (SSSR count). The maximum atomic E-state index is 12.8. The molecule has 6 N–H and O–H groups in total. The SMILES string of the molecule is CC(C)(C)c1ccc(-c2cc([O-])c(-c3ccc(-c4ccc(-c5[nH]c(C(C)(C)C)cc5N)[nH]4)[nH]3)[nH]2)cc1. The molecular formula is C30H34N5O-. The molecule has 36 heavy (non-hydrogen) atoms. The molecule has 0 saturated heterocycles. The maximum Gasteiger partial charge on any atom is 0.0855 e. The summed E-state index contributed by atoms with van der Waals surface area (Å²) in [7, 11) is 0. The van der Waals surface area contributed by atoms with Crippen LogP contribution in [0.4, 0.5) is 5.69 Å². The number of rotatable bonds is 4. The molecule has 0 fully saturated rings. The van der Waals surface area contributed by atoms with Gasteiger partial charge in [0.05, 0.1) is 39.9 Å². The minimum Gasteiger partial charge on any atom is -0.871 e. The summed E-state index contributed by atoms with van der Waals surface area (Å²) in [6.07, 6.45) is 0. The minimum atomic E-state index is -0.0423. The second-order valence-electron chi connectivity index (χ2n) is 11.6. The van der Waals surface area contributed by atoms with Crippen molar-refractivity contribution in [3.63, 3.8) is 0 Å². The van der Waals surface area contributed by atoms with Crippen molar-refractivity contribution in [2.24, 2.45) is 0 Å². The Bertz CT molecular complexity index is 1510. The molecule has 4 aromatic heterocycles. The van der Waals surface area contributed by atoms with Crippen molar-refractivity contribution in [3.05, 3.63) is 71.9 Å². The molecule has 0 atom stereocenters. The zero-order chi connectivity index (χ0) is 25.8. The average Bonchev–Trinajstić information content (AvgIpc) is 3.58. The van der Waals surface area contributed by atoms with Gasteiger partial charge in [-0.15, -0.1) is 0 Å². The summed E-state index contributed by atoms with van der Waals surface area (Å²) in [6.45, 7) is 13.0. The van der Waals surface area contributed by atoms with Crippen molar-refractivity contribution in [3.8, 4) is 51.2 Å². The zero-order valence-corrected chi connectivity index (χ0v) is 21.8. The summed E-state index contributed by atoms with van der Waals surface area (Å²) < 4.78 is 0. The fraction of sp³-hybridized carbons (Fsp3) is 0.267. The monoisotopic (exact) mass is 480 g/mol. The number of nitrogens with one attached hydrogen (secondary N) is 4. The van der Waals surface area contributed by atoms with Crippen LogP contribution < -0.4 is 10.8 Å². The lowest BCUT2D eigenvalue weighted by atomic mass is 9.86. The molecule has 0 saturated carbocycles. The first kappa shape index (κ1) is 23.7. The van der Waals surface area contributed by atoms with E-state index >= 15 is 0 Å². The second kappa shape index (κ2) is 8.26. The Morgan fingerprint density at radius 1 is 0.583 bits per heavy atom. The Morgan fingerprint density at radius 3 is 1.67 bits per heavy atom. The third-order valence-corrected chi connectivity index (χ3v) is 6.70. The first-order valence-electron chi connectivity index (χ1n) is 12.3. The van der Waals surface area contributed by atoms with Gasteiger partial charge in [-0.3, -0.25) is 0 Å². The van der Waals surface area contributed by atoms with E-state index in [1.807, 2.05) is 30.3 Å². The van der Waals surface area contributed by atoms with Gasteiger partial charge >= 0.3 is 0 Å². The molecular weight excluding hydrogens is 446 g/mol. The van der Waals surface area contributed by atoms with E-state index in [0.717, 1.165) is 45.4 Å². The van der Waals surface area contributed by atoms with Gasteiger partial charge in [-0.05, 0) is 52.9 Å². The number of anilines is 1. The van der Waals surface area contributed by atoms with E-state index in [1.165, 1.54) is 5.56 Å². The standard InChI is InChI=1S/C30H35N5O/c1-29(2,3)18-9-7-17(8-10-18)24-16-25(36)28(34-24)23-14-12-21(33-23)20-11-13-22(32-20)27-19(31)15-26(35-27)30(4,5)6/h7-16,32-36H,31H2,1-6H3/p-1. The van der Waals surface area contributed by atoms with Gasteiger partial charge in [-0.1, -0.05) is 71.6 Å². The van der Waals surface area contributed by atoms with Crippen LogP contribution in [0.15, 0.2) is 60.7 Å². The Kier molecular flexibility index (Phi) is 5.43. The highest BCUT2D eigenvalue weighted by atomic mass is 16.3. The first-order valence-corrected chi connectivity index (χ1v) is 12.3. The van der Waals surface area contributed by atoms with Gasteiger partial charge in [0.2, 0.25) is 0 Å². The Balaban J connectivity index is 1.40. The summed E-state index contributed by atoms with van der Waals surface area (Å²) in [5.74, 6) is -0.0423. The third kappa shape index (κ3) is 4.35. The number of hydrogen-bond donors (Lipinski definition) is 5. The number of aromatic nitrogens is 4. The van der Waals surface area contributed by atoms with Gasteiger partial charge in [-0.2, -0.15) is 0 Å². The number of benzene rings is 1. The fourth-order valence-electron chi connectivity index (χ4n) is 4.43. The number of aromatic amines is 4. The predicted molar refractivity (Wildman–Crippen MR) is 147 cm³/mol. The van der Waals surface area contributed by atoms with E-state index in [-0.39, 0.29) is 16.6 Å². The van der Waals surface area contributed by atoms with E-state index in [4.69, 9.17) is 5.73 Å². The van der Waals surface area contributed by atoms with Crippen LogP contribution in [-0.2, 0) is 10.8 Å². The predicted octanol–water partition coefficient (Wildman–Crippen LogP) is 6.92. The van der Waals surface area contributed by atoms with Crippen molar-refractivity contribution in [2.45, 2.75) is 52.4 Å². The van der Waals surface area contributed by atoms with E-state index in [2.05, 4.69) is 85.7 Å². The van der Waals surface area contributed by atoms with Crippen LogP contribution in [0, 0.1) is 0 Å². The average molecular weight is 481 g/mol. The lowest BCUT2D eigenvalue weighted by Gasteiger charge is -2.19. The van der Waals surface area contributed by atoms with Crippen molar-refractivity contribution >= 4 is 5.69 Å². The van der Waals surface area contributed by atoms with Gasteiger partial charge in [0, 0.05) is 16.8 Å². The Labute approximate surface area is 212 Å². The van der Waals surface area contributed by atoms with Crippen LogP contribution >= 0.6 is 0 Å². The molecule has 186 valence electrons. The lowest BCUT2D eigenvalue weighted by molar-refractivity contribution is -0.267. The molecule has 6 nitrogen and oxygen atoms in total. The van der Waals surface area contributed by atoms with Crippen LogP contribution in [0.3, 0.4) is 0 Å². The molecule has 6 heteroatoms. The summed E-state index contributed by atoms with van der Waals surface area (Å²) in [6, 6.07) is 20.0. The summed E-state index contributed by atoms with van der Waals surface area (Å²) in [4.78, 5) is 13.6. The highest BCUT2D eigenvalue weighted by molar-refractivity contribution is 5.77. The molecule has 0 amide bonds. The molecule has 1 aromatic carbocycles. The van der Waals surface area contributed by atoms with Crippen LogP contribution in [0.1, 0.15) is 52.8 Å². The van der Waals surface area contributed by atoms with Crippen LogP contribution in [-0.4, -0.2) is 19.9 Å². The first-order chi connectivity index (χ1) is 16.9. The van der Waals surface area contributed by atoms with Gasteiger partial charge in [0.1, 0.15) is 0 Å². The molecule has 0 radical (unpaired) electrons. The second-order valence-corrected chi connectivity index (χ2v) is 11.6. The highest BCUT2D eigenvalue weighted by Crippen LogP contribution is 2.35. The number of H-pyrrole nitrogens is 4. The van der Waals surface area contributed by atoms with E-state index in [0.29, 0.717) is 11.4 Å². The van der Waals surface area contributed by atoms with E-state index in [1.54, 1.807) is 6.07 Å². The summed E-state index contributed by atoms with van der Waals surface area (Å²) in [5, 5.41) is 12.8. The smallest absolute Gasteiger partial charge is 0.0855 e. The molecule has 0 unspecified atom stereocenters. The Hall–Kier alpha value is -4.06. The molecule has 4 heterocycles. The molecule has 0 bridgehead atoms. The normalized spacial score (nSPS) is 12.4. The number of nitrogens with two attached hydrogens (primary N) is 1. The van der Waals surface area contributed by atoms with Crippen molar-refractivity contribution in [2.75, 3.05) is 5.73 Å². The van der Waals surface area contributed by atoms with Gasteiger partial charge < -0.3 is 30.8 Å². The van der Waals surface area contributed by atoms with Gasteiger partial charge in [0.15, 0.2) is 0 Å². The molecule has 0 aliphatic heterocycles. The van der Waals surface area contributed by atoms with E-state index in [9.17, 15) is 5.11 Å². The topological polar surface area (TPSA) is 112 Å². The fourth-order valence-corrected chi connectivity index (χ4v) is 4.43. The summed E-state index contributed by atoms with van der Waals surface area (Å²) >= 11 is 0.